The molecule has 3 aromatic carbocycles. The molecule has 1 fully saturated rings. The minimum absolute atomic E-state index is 0.0398. The Bertz CT molecular complexity index is 1630. The van der Waals surface area contributed by atoms with Gasteiger partial charge in [-0.3, -0.25) is 19.2 Å². The molecule has 3 aromatic rings. The van der Waals surface area contributed by atoms with Crippen molar-refractivity contribution in [2.24, 2.45) is 17.3 Å². The zero-order chi connectivity index (χ0) is 37.7. The number of rotatable bonds is 19. The minimum atomic E-state index is -0.967. The Kier molecular flexibility index (Phi) is 14.9. The highest BCUT2D eigenvalue weighted by Gasteiger charge is 2.48. The quantitative estimate of drug-likeness (QED) is 0.0941. The monoisotopic (exact) mass is 725 g/mol. The van der Waals surface area contributed by atoms with Crippen LogP contribution in [0, 0.1) is 17.3 Å². The third-order valence-corrected chi connectivity index (χ3v) is 9.63. The Labute approximate surface area is 314 Å². The number of hydrogen-bond donors (Lipinski definition) is 5. The first-order chi connectivity index (χ1) is 24.8. The maximum Gasteiger partial charge on any atom is 0.243 e. The fraction of sp³-hybridized carbons (Fsp3) is 0.452. The van der Waals surface area contributed by atoms with Crippen molar-refractivity contribution < 1.29 is 19.2 Å². The molecule has 52 heavy (non-hydrogen) atoms. The number of amides is 3. The van der Waals surface area contributed by atoms with Gasteiger partial charge in [0.2, 0.25) is 17.7 Å². The molecular formula is C42H55N5O4S. The summed E-state index contributed by atoms with van der Waals surface area (Å²) in [4.78, 5) is 55.6. The highest BCUT2D eigenvalue weighted by molar-refractivity contribution is 7.80. The van der Waals surface area contributed by atoms with E-state index in [1.54, 1.807) is 0 Å². The summed E-state index contributed by atoms with van der Waals surface area (Å²) in [5, 5.41) is 15.6. The van der Waals surface area contributed by atoms with E-state index in [0.717, 1.165) is 29.7 Å². The van der Waals surface area contributed by atoms with Gasteiger partial charge in [0.15, 0.2) is 10.9 Å². The maximum absolute atomic E-state index is 14.1. The van der Waals surface area contributed by atoms with E-state index >= 15 is 0 Å². The molecule has 1 aliphatic carbocycles. The first kappa shape index (κ1) is 40.2. The van der Waals surface area contributed by atoms with E-state index in [1.807, 2.05) is 126 Å². The molecule has 0 aliphatic heterocycles. The van der Waals surface area contributed by atoms with Crippen molar-refractivity contribution in [2.45, 2.75) is 104 Å². The highest BCUT2D eigenvalue weighted by Crippen LogP contribution is 2.47. The van der Waals surface area contributed by atoms with E-state index < -0.39 is 41.4 Å². The molecule has 0 unspecified atom stereocenters. The third kappa shape index (κ3) is 12.9. The summed E-state index contributed by atoms with van der Waals surface area (Å²) in [5.74, 6) is -0.984. The Morgan fingerprint density at radius 1 is 0.615 bits per heavy atom. The maximum atomic E-state index is 14.1. The van der Waals surface area contributed by atoms with Gasteiger partial charge in [0.05, 0.1) is 6.04 Å². The van der Waals surface area contributed by atoms with Crippen LogP contribution in [0.25, 0.3) is 0 Å². The van der Waals surface area contributed by atoms with Crippen LogP contribution >= 0.6 is 12.2 Å². The molecule has 1 aliphatic rings. The van der Waals surface area contributed by atoms with Gasteiger partial charge in [0, 0.05) is 17.5 Å². The summed E-state index contributed by atoms with van der Waals surface area (Å²) in [6, 6.07) is 25.5. The molecular weight excluding hydrogens is 671 g/mol. The van der Waals surface area contributed by atoms with Crippen molar-refractivity contribution in [3.63, 3.8) is 0 Å². The second-order valence-electron chi connectivity index (χ2n) is 15.1. The number of thiocarbonyl (C=S) groups is 1. The molecule has 5 N–H and O–H groups in total. The van der Waals surface area contributed by atoms with Crippen LogP contribution in [0.1, 0.15) is 77.8 Å². The van der Waals surface area contributed by atoms with Gasteiger partial charge in [-0.25, -0.2) is 0 Å². The Balaban J connectivity index is 1.53. The number of aryl methyl sites for hydroxylation is 1. The predicted octanol–water partition coefficient (Wildman–Crippen LogP) is 6.13. The number of anilines is 1. The highest BCUT2D eigenvalue weighted by atomic mass is 32.1. The lowest BCUT2D eigenvalue weighted by atomic mass is 9.91. The Hall–Kier alpha value is -4.57. The molecule has 4 atom stereocenters. The van der Waals surface area contributed by atoms with Gasteiger partial charge in [-0.1, -0.05) is 113 Å². The molecule has 0 bridgehead atoms. The number of carbonyl (C=O) groups is 4. The molecule has 0 saturated heterocycles. The zero-order valence-electron chi connectivity index (χ0n) is 31.1. The van der Waals surface area contributed by atoms with E-state index in [0.29, 0.717) is 25.7 Å². The molecule has 278 valence electrons. The lowest BCUT2D eigenvalue weighted by Gasteiger charge is -2.28. The van der Waals surface area contributed by atoms with Crippen molar-refractivity contribution in [3.8, 4) is 0 Å². The zero-order valence-corrected chi connectivity index (χ0v) is 31.9. The van der Waals surface area contributed by atoms with Crippen LogP contribution in [0.3, 0.4) is 0 Å². The lowest BCUT2D eigenvalue weighted by Crippen LogP contribution is -2.59. The van der Waals surface area contributed by atoms with Gasteiger partial charge in [-0.15, -0.1) is 0 Å². The van der Waals surface area contributed by atoms with E-state index in [9.17, 15) is 19.2 Å². The number of Topliss-reactive ketones (excluding diaryl/α,β-unsaturated/α-hetero) is 1. The van der Waals surface area contributed by atoms with Gasteiger partial charge in [-0.2, -0.15) is 0 Å². The lowest BCUT2D eigenvalue weighted by molar-refractivity contribution is -0.134. The fourth-order valence-corrected chi connectivity index (χ4v) is 6.47. The van der Waals surface area contributed by atoms with Crippen LogP contribution in [-0.2, 0) is 32.0 Å². The number of nitrogens with one attached hydrogen (secondary N) is 5. The number of carbonyl (C=O) groups excluding carboxylic acids is 4. The topological polar surface area (TPSA) is 128 Å². The molecule has 1 saturated carbocycles. The van der Waals surface area contributed by atoms with Crippen LogP contribution in [0.15, 0.2) is 91.0 Å². The standard InChI is InChI=1S/C42H55N5O4S/c1-28(2)25-34(37(48)42(5)23-24-42)44-40(51)36(27-31-17-11-7-12-18-31)46-39(50)35(26-29(3)4)45-38(49)33(22-21-30-15-9-6-10-16-30)47-41(52)43-32-19-13-8-14-20-32/h6-20,28-29,33-36H,21-27H2,1-5H3,(H,44,51)(H,45,49)(H,46,50)(H2,43,47,52)/t33-,34-,35-,36-/m0/s1. The number of hydrogen-bond acceptors (Lipinski definition) is 5. The number of benzene rings is 3. The van der Waals surface area contributed by atoms with Gasteiger partial charge < -0.3 is 26.6 Å². The van der Waals surface area contributed by atoms with E-state index in [4.69, 9.17) is 12.2 Å². The average molecular weight is 726 g/mol. The summed E-state index contributed by atoms with van der Waals surface area (Å²) in [7, 11) is 0. The summed E-state index contributed by atoms with van der Waals surface area (Å²) in [5.41, 5.74) is 2.30. The number of para-hydroxylation sites is 1. The van der Waals surface area contributed by atoms with Gasteiger partial charge >= 0.3 is 0 Å². The third-order valence-electron chi connectivity index (χ3n) is 9.41. The molecule has 3 amide bonds. The van der Waals surface area contributed by atoms with Crippen molar-refractivity contribution in [3.05, 3.63) is 102 Å². The van der Waals surface area contributed by atoms with Gasteiger partial charge in [0.1, 0.15) is 18.1 Å². The summed E-state index contributed by atoms with van der Waals surface area (Å²) >= 11 is 5.60. The Morgan fingerprint density at radius 3 is 1.63 bits per heavy atom. The van der Waals surface area contributed by atoms with Crippen LogP contribution in [-0.4, -0.2) is 52.8 Å². The molecule has 0 heterocycles. The fourth-order valence-electron chi connectivity index (χ4n) is 6.21. The minimum Gasteiger partial charge on any atom is -0.351 e. The van der Waals surface area contributed by atoms with Crippen molar-refractivity contribution in [2.75, 3.05) is 5.32 Å². The normalized spacial score (nSPS) is 15.4. The molecule has 0 radical (unpaired) electrons. The van der Waals surface area contributed by atoms with Crippen LogP contribution in [0.4, 0.5) is 5.69 Å². The smallest absolute Gasteiger partial charge is 0.243 e. The van der Waals surface area contributed by atoms with E-state index in [2.05, 4.69) is 26.6 Å². The SMILES string of the molecule is CC(C)C[C@H](NC(=O)[C@H](CCc1ccccc1)NC(=S)Nc1ccccc1)C(=O)N[C@@H](Cc1ccccc1)C(=O)N[C@@H](CC(C)C)C(=O)C1(C)CC1. The molecule has 4 rings (SSSR count). The van der Waals surface area contributed by atoms with Gasteiger partial charge in [-0.05, 0) is 85.8 Å². The number of ketones is 1. The van der Waals surface area contributed by atoms with Gasteiger partial charge in [0.25, 0.3) is 0 Å². The van der Waals surface area contributed by atoms with E-state index in [-0.39, 0.29) is 35.1 Å². The largest absolute Gasteiger partial charge is 0.351 e. The first-order valence-electron chi connectivity index (χ1n) is 18.5. The van der Waals surface area contributed by atoms with Crippen LogP contribution in [0.5, 0.6) is 0 Å². The van der Waals surface area contributed by atoms with Crippen molar-refractivity contribution in [1.29, 1.82) is 0 Å². The summed E-state index contributed by atoms with van der Waals surface area (Å²) < 4.78 is 0. The van der Waals surface area contributed by atoms with E-state index in [1.165, 1.54) is 0 Å². The summed E-state index contributed by atoms with van der Waals surface area (Å²) in [6.07, 6.45) is 3.73. The molecule has 0 spiro atoms. The van der Waals surface area contributed by atoms with Crippen molar-refractivity contribution in [1.82, 2.24) is 21.3 Å². The molecule has 0 aromatic heterocycles. The summed E-state index contributed by atoms with van der Waals surface area (Å²) in [6.45, 7) is 9.95. The molecule has 9 nitrogen and oxygen atoms in total. The predicted molar refractivity (Wildman–Crippen MR) is 212 cm³/mol. The van der Waals surface area contributed by atoms with Crippen LogP contribution < -0.4 is 26.6 Å². The second-order valence-corrected chi connectivity index (χ2v) is 15.5. The van der Waals surface area contributed by atoms with Crippen molar-refractivity contribution >= 4 is 46.5 Å². The molecule has 10 heteroatoms. The van der Waals surface area contributed by atoms with Crippen LogP contribution in [0.2, 0.25) is 0 Å². The average Bonchev–Trinajstić information content (AvgIpc) is 3.87. The Morgan fingerprint density at radius 2 is 1.08 bits per heavy atom. The second kappa shape index (κ2) is 19.3. The first-order valence-corrected chi connectivity index (χ1v) is 18.9.